The third-order valence-corrected chi connectivity index (χ3v) is 8.44. The van der Waals surface area contributed by atoms with Crippen LogP contribution in [0, 0.1) is 19.8 Å². The molecule has 1 atom stereocenters. The lowest BCUT2D eigenvalue weighted by Gasteiger charge is -2.41. The highest BCUT2D eigenvalue weighted by Gasteiger charge is 2.33. The van der Waals surface area contributed by atoms with Crippen LogP contribution >= 0.6 is 11.8 Å². The molecule has 1 aliphatic heterocycles. The lowest BCUT2D eigenvalue weighted by atomic mass is 9.76. The topological polar surface area (TPSA) is 33.5 Å². The van der Waals surface area contributed by atoms with Crippen LogP contribution in [0.15, 0.2) is 50.5 Å². The van der Waals surface area contributed by atoms with E-state index in [2.05, 4.69) is 77.6 Å². The summed E-state index contributed by atoms with van der Waals surface area (Å²) in [7, 11) is 0. The van der Waals surface area contributed by atoms with E-state index in [1.54, 1.807) is 11.8 Å². The van der Waals surface area contributed by atoms with Gasteiger partial charge in [-0.1, -0.05) is 45.9 Å². The Kier molecular flexibility index (Phi) is 6.68. The van der Waals surface area contributed by atoms with Crippen molar-refractivity contribution >= 4 is 28.4 Å². The van der Waals surface area contributed by atoms with Gasteiger partial charge < -0.3 is 9.32 Å². The Hall–Kier alpha value is -2.20. The van der Waals surface area contributed by atoms with Gasteiger partial charge in [0.1, 0.15) is 5.58 Å². The van der Waals surface area contributed by atoms with E-state index in [1.165, 1.54) is 21.7 Å². The van der Waals surface area contributed by atoms with Crippen LogP contribution in [-0.2, 0) is 5.41 Å². The van der Waals surface area contributed by atoms with Gasteiger partial charge in [0.15, 0.2) is 0 Å². The summed E-state index contributed by atoms with van der Waals surface area (Å²) in [6.45, 7) is 17.7. The Balaban J connectivity index is 1.79. The van der Waals surface area contributed by atoms with Crippen molar-refractivity contribution in [1.82, 2.24) is 0 Å². The summed E-state index contributed by atoms with van der Waals surface area (Å²) in [5.41, 5.74) is 6.33. The van der Waals surface area contributed by atoms with Crippen molar-refractivity contribution in [3.05, 3.63) is 69.1 Å². The number of hydrogen-bond acceptors (Lipinski definition) is 4. The quantitative estimate of drug-likeness (QED) is 0.276. The number of hydrogen-bond donors (Lipinski definition) is 0. The molecule has 3 nitrogen and oxygen atoms in total. The Morgan fingerprint density at radius 3 is 2.55 bits per heavy atom. The third-order valence-electron chi connectivity index (χ3n) is 7.12. The maximum Gasteiger partial charge on any atom is 0.340 e. The number of anilines is 1. The first-order valence-electron chi connectivity index (χ1n) is 12.2. The van der Waals surface area contributed by atoms with E-state index in [4.69, 9.17) is 4.42 Å². The molecule has 0 fully saturated rings. The summed E-state index contributed by atoms with van der Waals surface area (Å²) in [5.74, 6) is 0.664. The molecular formula is C29H37NO2S. The summed E-state index contributed by atoms with van der Waals surface area (Å²) >= 11 is 1.72. The second kappa shape index (κ2) is 9.21. The molecule has 4 heteroatoms. The van der Waals surface area contributed by atoms with Gasteiger partial charge in [-0.3, -0.25) is 0 Å². The largest absolute Gasteiger partial charge is 0.422 e. The van der Waals surface area contributed by atoms with Gasteiger partial charge >= 0.3 is 5.63 Å². The van der Waals surface area contributed by atoms with Crippen LogP contribution in [0.3, 0.4) is 0 Å². The normalized spacial score (nSPS) is 16.3. The average molecular weight is 464 g/mol. The first-order chi connectivity index (χ1) is 15.6. The van der Waals surface area contributed by atoms with Crippen LogP contribution in [0.4, 0.5) is 5.69 Å². The van der Waals surface area contributed by atoms with Crippen LogP contribution in [-0.4, -0.2) is 13.1 Å². The van der Waals surface area contributed by atoms with Crippen molar-refractivity contribution in [2.75, 3.05) is 18.0 Å². The molecule has 1 unspecified atom stereocenters. The molecule has 0 aliphatic carbocycles. The predicted molar refractivity (Wildman–Crippen MR) is 142 cm³/mol. The molecule has 1 aromatic heterocycles. The molecule has 4 rings (SSSR count). The number of rotatable bonds is 6. The van der Waals surface area contributed by atoms with Gasteiger partial charge in [-0.25, -0.2) is 4.79 Å². The summed E-state index contributed by atoms with van der Waals surface area (Å²) < 4.78 is 6.03. The summed E-state index contributed by atoms with van der Waals surface area (Å²) in [6, 6.07) is 12.7. The molecule has 0 N–H and O–H groups in total. The monoisotopic (exact) mass is 463 g/mol. The minimum absolute atomic E-state index is 0.0126. The third kappa shape index (κ3) is 4.73. The van der Waals surface area contributed by atoms with Gasteiger partial charge in [-0.05, 0) is 74.3 Å². The Morgan fingerprint density at radius 2 is 1.85 bits per heavy atom. The first kappa shape index (κ1) is 23.9. The van der Waals surface area contributed by atoms with Gasteiger partial charge in [0.25, 0.3) is 0 Å². The predicted octanol–water partition coefficient (Wildman–Crippen LogP) is 7.80. The molecule has 0 bridgehead atoms. The van der Waals surface area contributed by atoms with Crippen molar-refractivity contribution in [3.63, 3.8) is 0 Å². The van der Waals surface area contributed by atoms with E-state index in [1.807, 2.05) is 12.1 Å². The van der Waals surface area contributed by atoms with Crippen LogP contribution < -0.4 is 10.5 Å². The van der Waals surface area contributed by atoms with Gasteiger partial charge in [-0.2, -0.15) is 0 Å². The minimum atomic E-state index is -0.220. The molecule has 0 spiro atoms. The smallest absolute Gasteiger partial charge is 0.340 e. The van der Waals surface area contributed by atoms with Gasteiger partial charge in [0, 0.05) is 39.9 Å². The highest BCUT2D eigenvalue weighted by atomic mass is 32.2. The van der Waals surface area contributed by atoms with Crippen molar-refractivity contribution in [3.8, 4) is 0 Å². The van der Waals surface area contributed by atoms with Crippen LogP contribution in [0.2, 0.25) is 0 Å². The van der Waals surface area contributed by atoms with Crippen molar-refractivity contribution in [2.45, 2.75) is 76.9 Å². The molecule has 0 amide bonds. The second-order valence-electron chi connectivity index (χ2n) is 10.6. The molecule has 0 radical (unpaired) electrons. The zero-order chi connectivity index (χ0) is 23.9. The van der Waals surface area contributed by atoms with Crippen LogP contribution in [0.5, 0.6) is 0 Å². The van der Waals surface area contributed by atoms with Crippen LogP contribution in [0.1, 0.15) is 75.0 Å². The van der Waals surface area contributed by atoms with Crippen molar-refractivity contribution in [2.24, 2.45) is 5.92 Å². The van der Waals surface area contributed by atoms with E-state index in [0.29, 0.717) is 5.92 Å². The maximum atomic E-state index is 13.1. The number of benzene rings is 2. The molecule has 0 saturated heterocycles. The summed E-state index contributed by atoms with van der Waals surface area (Å²) in [5, 5.41) is 1.05. The maximum absolute atomic E-state index is 13.1. The van der Waals surface area contributed by atoms with E-state index >= 15 is 0 Å². The Bertz CT molecular complexity index is 1220. The van der Waals surface area contributed by atoms with E-state index < -0.39 is 0 Å². The fraction of sp³-hybridized carbons (Fsp3) is 0.483. The molecule has 176 valence electrons. The van der Waals surface area contributed by atoms with Crippen LogP contribution in [0.25, 0.3) is 11.0 Å². The lowest BCUT2D eigenvalue weighted by Crippen LogP contribution is -2.38. The van der Waals surface area contributed by atoms with E-state index in [-0.39, 0.29) is 16.3 Å². The molecule has 3 aromatic rings. The molecule has 2 aromatic carbocycles. The lowest BCUT2D eigenvalue weighted by molar-refractivity contribution is 0.444. The summed E-state index contributed by atoms with van der Waals surface area (Å²) in [6.07, 6.45) is 2.29. The highest BCUT2D eigenvalue weighted by Crippen LogP contribution is 2.45. The fourth-order valence-electron chi connectivity index (χ4n) is 4.88. The number of thioether (sulfide) groups is 1. The first-order valence-corrected chi connectivity index (χ1v) is 13.1. The van der Waals surface area contributed by atoms with Gasteiger partial charge in [0.2, 0.25) is 0 Å². The second-order valence-corrected chi connectivity index (χ2v) is 12.0. The Labute approximate surface area is 202 Å². The highest BCUT2D eigenvalue weighted by molar-refractivity contribution is 7.99. The number of aryl methyl sites for hydroxylation is 2. The van der Waals surface area contributed by atoms with E-state index in [9.17, 15) is 4.79 Å². The number of nitrogens with zero attached hydrogens (tertiary/aromatic N) is 1. The van der Waals surface area contributed by atoms with Crippen molar-refractivity contribution in [1.29, 1.82) is 0 Å². The molecule has 1 aliphatic rings. The SMILES string of the molecule is Cc1ccccc1SC(C)c1cc2cc3c(c(C)c2oc1=O)N(CCC(C)C)CCC3(C)C. The summed E-state index contributed by atoms with van der Waals surface area (Å²) in [4.78, 5) is 16.8. The zero-order valence-electron chi connectivity index (χ0n) is 21.1. The van der Waals surface area contributed by atoms with Gasteiger partial charge in [0.05, 0.1) is 5.56 Å². The Morgan fingerprint density at radius 1 is 1.12 bits per heavy atom. The molecule has 0 saturated carbocycles. The van der Waals surface area contributed by atoms with Gasteiger partial charge in [-0.15, -0.1) is 11.8 Å². The number of fused-ring (bicyclic) bond motifs is 2. The average Bonchev–Trinajstić information content (AvgIpc) is 2.75. The fourth-order valence-corrected chi connectivity index (χ4v) is 5.97. The van der Waals surface area contributed by atoms with E-state index in [0.717, 1.165) is 48.0 Å². The molecule has 33 heavy (non-hydrogen) atoms. The molecular weight excluding hydrogens is 426 g/mol. The van der Waals surface area contributed by atoms with Crippen molar-refractivity contribution < 1.29 is 4.42 Å². The minimum Gasteiger partial charge on any atom is -0.422 e. The standard InChI is InChI=1S/C29H37NO2S/c1-18(2)12-14-30-15-13-29(6,7)24-17-22-16-23(28(31)32-27(22)20(4)26(24)30)21(5)33-25-11-9-8-10-19(25)3/h8-11,16-18,21H,12-15H2,1-7H3. The molecule has 2 heterocycles. The zero-order valence-corrected chi connectivity index (χ0v) is 21.9.